The number of benzene rings is 1. The second kappa shape index (κ2) is 5.88. The molecule has 0 saturated carbocycles. The van der Waals surface area contributed by atoms with E-state index in [1.165, 1.54) is 12.1 Å². The van der Waals surface area contributed by atoms with Crippen molar-refractivity contribution >= 4 is 47.6 Å². The number of halogens is 2. The van der Waals surface area contributed by atoms with Crippen LogP contribution < -0.4 is 4.72 Å². The fraction of sp³-hybridized carbons (Fsp3) is 0.167. The van der Waals surface area contributed by atoms with E-state index in [1.807, 2.05) is 6.92 Å². The maximum Gasteiger partial charge on any atom is 0.295 e. The zero-order valence-corrected chi connectivity index (χ0v) is 14.3. The number of anilines is 1. The molecule has 0 aliphatic rings. The summed E-state index contributed by atoms with van der Waals surface area (Å²) in [6.07, 6.45) is 0. The van der Waals surface area contributed by atoms with Crippen LogP contribution in [-0.2, 0) is 16.6 Å². The number of furan rings is 1. The van der Waals surface area contributed by atoms with Crippen LogP contribution in [0.25, 0.3) is 0 Å². The van der Waals surface area contributed by atoms with Crippen LogP contribution in [0.1, 0.15) is 11.3 Å². The molecule has 1 aromatic carbocycles. The number of sulfonamides is 1. The van der Waals surface area contributed by atoms with E-state index in [1.54, 1.807) is 12.1 Å². The quantitative estimate of drug-likeness (QED) is 0.788. The van der Waals surface area contributed by atoms with Crippen LogP contribution in [0, 0.1) is 6.92 Å². The van der Waals surface area contributed by atoms with E-state index in [0.29, 0.717) is 14.6 Å². The number of hydrogen-bond donors (Lipinski definition) is 2. The molecule has 0 atom stereocenters. The number of nitrogens with one attached hydrogen (secondary N) is 1. The summed E-state index contributed by atoms with van der Waals surface area (Å²) in [7, 11) is -3.85. The summed E-state index contributed by atoms with van der Waals surface area (Å²) in [4.78, 5) is 0. The van der Waals surface area contributed by atoms with Crippen molar-refractivity contribution in [3.8, 4) is 0 Å². The predicted octanol–water partition coefficient (Wildman–Crippen LogP) is 3.41. The monoisotopic (exact) mass is 423 g/mol. The van der Waals surface area contributed by atoms with Crippen LogP contribution in [0.4, 0.5) is 5.69 Å². The van der Waals surface area contributed by atoms with E-state index in [4.69, 9.17) is 9.52 Å². The van der Waals surface area contributed by atoms with Crippen molar-refractivity contribution in [3.05, 3.63) is 44.5 Å². The molecule has 0 radical (unpaired) electrons. The molecule has 2 aromatic rings. The molecule has 0 aliphatic carbocycles. The van der Waals surface area contributed by atoms with Gasteiger partial charge in [-0.3, -0.25) is 4.72 Å². The zero-order valence-electron chi connectivity index (χ0n) is 10.4. The molecule has 108 valence electrons. The summed E-state index contributed by atoms with van der Waals surface area (Å²) in [6.45, 7) is 1.54. The Kier molecular flexibility index (Phi) is 4.58. The Balaban J connectivity index is 2.38. The lowest BCUT2D eigenvalue weighted by molar-refractivity contribution is 0.236. The molecule has 2 N–H and O–H groups in total. The molecule has 1 heterocycles. The lowest BCUT2D eigenvalue weighted by Crippen LogP contribution is -2.13. The van der Waals surface area contributed by atoms with Gasteiger partial charge in [-0.15, -0.1) is 0 Å². The first-order valence-corrected chi connectivity index (χ1v) is 8.58. The van der Waals surface area contributed by atoms with Crippen LogP contribution in [0.3, 0.4) is 0 Å². The number of hydrogen-bond acceptors (Lipinski definition) is 4. The molecule has 0 amide bonds. The van der Waals surface area contributed by atoms with E-state index < -0.39 is 10.0 Å². The minimum atomic E-state index is -3.85. The Labute approximate surface area is 133 Å². The molecule has 8 heteroatoms. The van der Waals surface area contributed by atoms with Gasteiger partial charge in [0.05, 0.1) is 5.69 Å². The highest BCUT2D eigenvalue weighted by molar-refractivity contribution is 9.11. The topological polar surface area (TPSA) is 79.5 Å². The van der Waals surface area contributed by atoms with Crippen molar-refractivity contribution in [2.75, 3.05) is 4.72 Å². The van der Waals surface area contributed by atoms with Crippen molar-refractivity contribution in [2.24, 2.45) is 0 Å². The summed E-state index contributed by atoms with van der Waals surface area (Å²) in [6, 6.07) is 6.30. The first-order chi connectivity index (χ1) is 9.33. The number of rotatable bonds is 4. The Bertz CT molecular complexity index is 717. The lowest BCUT2D eigenvalue weighted by Gasteiger charge is -2.11. The van der Waals surface area contributed by atoms with Gasteiger partial charge < -0.3 is 9.52 Å². The summed E-state index contributed by atoms with van der Waals surface area (Å²) in [5, 5.41) is 8.65. The van der Waals surface area contributed by atoms with Crippen LogP contribution >= 0.6 is 31.9 Å². The highest BCUT2D eigenvalue weighted by Crippen LogP contribution is 2.34. The average Bonchev–Trinajstić information content (AvgIpc) is 2.83. The maximum absolute atomic E-state index is 12.2. The van der Waals surface area contributed by atoms with Crippen LogP contribution in [0.5, 0.6) is 0 Å². The van der Waals surface area contributed by atoms with Crippen molar-refractivity contribution in [1.29, 1.82) is 0 Å². The molecule has 1 aromatic heterocycles. The number of aliphatic hydroxyl groups is 1. The first kappa shape index (κ1) is 15.6. The summed E-state index contributed by atoms with van der Waals surface area (Å²) in [5.41, 5.74) is 1.37. The Hall–Kier alpha value is -0.830. The van der Waals surface area contributed by atoms with E-state index in [9.17, 15) is 8.42 Å². The molecule has 0 unspecified atom stereocenters. The van der Waals surface area contributed by atoms with E-state index >= 15 is 0 Å². The molecule has 20 heavy (non-hydrogen) atoms. The molecule has 2 rings (SSSR count). The summed E-state index contributed by atoms with van der Waals surface area (Å²) >= 11 is 6.63. The highest BCUT2D eigenvalue weighted by atomic mass is 79.9. The summed E-state index contributed by atoms with van der Waals surface area (Å²) in [5.74, 6) is 0.187. The molecular weight excluding hydrogens is 414 g/mol. The third-order valence-corrected chi connectivity index (χ3v) is 4.95. The largest absolute Gasteiger partial charge is 0.445 e. The minimum absolute atomic E-state index is 0.187. The first-order valence-electron chi connectivity index (χ1n) is 5.51. The Morgan fingerprint density at radius 1 is 1.25 bits per heavy atom. The molecule has 0 spiro atoms. The predicted molar refractivity (Wildman–Crippen MR) is 82.0 cm³/mol. The van der Waals surface area contributed by atoms with Gasteiger partial charge in [-0.2, -0.15) is 8.42 Å². The van der Waals surface area contributed by atoms with E-state index in [-0.39, 0.29) is 17.5 Å². The smallest absolute Gasteiger partial charge is 0.295 e. The average molecular weight is 425 g/mol. The van der Waals surface area contributed by atoms with E-state index in [2.05, 4.69) is 36.6 Å². The van der Waals surface area contributed by atoms with Gasteiger partial charge >= 0.3 is 0 Å². The van der Waals surface area contributed by atoms with Gasteiger partial charge in [0.15, 0.2) is 0 Å². The van der Waals surface area contributed by atoms with Crippen LogP contribution in [-0.4, -0.2) is 13.5 Å². The van der Waals surface area contributed by atoms with Crippen molar-refractivity contribution in [1.82, 2.24) is 0 Å². The van der Waals surface area contributed by atoms with Gasteiger partial charge in [-0.1, -0.05) is 0 Å². The maximum atomic E-state index is 12.2. The molecule has 0 saturated heterocycles. The van der Waals surface area contributed by atoms with Gasteiger partial charge in [0.1, 0.15) is 12.4 Å². The Morgan fingerprint density at radius 3 is 2.35 bits per heavy atom. The normalized spacial score (nSPS) is 11.6. The number of aryl methyl sites for hydroxylation is 1. The van der Waals surface area contributed by atoms with Gasteiger partial charge in [0.2, 0.25) is 5.09 Å². The fourth-order valence-electron chi connectivity index (χ4n) is 1.57. The number of aliphatic hydroxyl groups excluding tert-OH is 1. The van der Waals surface area contributed by atoms with Crippen molar-refractivity contribution < 1.29 is 17.9 Å². The van der Waals surface area contributed by atoms with Gasteiger partial charge in [0, 0.05) is 8.95 Å². The molecule has 5 nitrogen and oxygen atoms in total. The second-order valence-corrected chi connectivity index (χ2v) is 7.41. The van der Waals surface area contributed by atoms with Crippen molar-refractivity contribution in [3.63, 3.8) is 0 Å². The SMILES string of the molecule is Cc1cc(Br)c(NS(=O)(=O)c2ccc(CO)o2)c(Br)c1. The van der Waals surface area contributed by atoms with Crippen LogP contribution in [0.2, 0.25) is 0 Å². The van der Waals surface area contributed by atoms with Gasteiger partial charge in [-0.25, -0.2) is 0 Å². The summed E-state index contributed by atoms with van der Waals surface area (Å²) < 4.78 is 33.1. The molecule has 0 fully saturated rings. The third kappa shape index (κ3) is 3.25. The van der Waals surface area contributed by atoms with E-state index in [0.717, 1.165) is 5.56 Å². The minimum Gasteiger partial charge on any atom is -0.445 e. The van der Waals surface area contributed by atoms with Gasteiger partial charge in [-0.05, 0) is 68.6 Å². The fourth-order valence-corrected chi connectivity index (χ4v) is 4.50. The third-order valence-electron chi connectivity index (χ3n) is 2.48. The lowest BCUT2D eigenvalue weighted by atomic mass is 10.2. The highest BCUT2D eigenvalue weighted by Gasteiger charge is 2.21. The zero-order chi connectivity index (χ0) is 14.9. The van der Waals surface area contributed by atoms with Crippen molar-refractivity contribution in [2.45, 2.75) is 18.6 Å². The van der Waals surface area contributed by atoms with Crippen LogP contribution in [0.15, 0.2) is 42.7 Å². The Morgan fingerprint density at radius 2 is 1.85 bits per heavy atom. The van der Waals surface area contributed by atoms with Gasteiger partial charge in [0.25, 0.3) is 10.0 Å². The standard InChI is InChI=1S/C12H11Br2NO4S/c1-7-4-9(13)12(10(14)5-7)15-20(17,18)11-3-2-8(6-16)19-11/h2-5,15-16H,6H2,1H3. The molecular formula is C12H11Br2NO4S. The molecule has 0 bridgehead atoms. The molecule has 0 aliphatic heterocycles. The second-order valence-electron chi connectivity index (χ2n) is 4.09.